The van der Waals surface area contributed by atoms with Crippen molar-refractivity contribution in [2.75, 3.05) is 23.9 Å². The maximum absolute atomic E-state index is 4.37. The van der Waals surface area contributed by atoms with Gasteiger partial charge in [0, 0.05) is 17.8 Å². The van der Waals surface area contributed by atoms with Gasteiger partial charge in [0.15, 0.2) is 0 Å². The lowest BCUT2D eigenvalue weighted by atomic mass is 10.2. The minimum atomic E-state index is 1.04. The minimum Gasteiger partial charge on any atom is -0.370 e. The zero-order valence-electron chi connectivity index (χ0n) is 11.2. The SMILES string of the molecule is CSCCCCCCNc1ncnc2c1CCC2. The zero-order chi connectivity index (χ0) is 12.6. The standard InChI is InChI=1S/C14H23N3S/c1-18-10-5-3-2-4-9-15-14-12-7-6-8-13(12)16-11-17-14/h11H,2-10H2,1H3,(H,15,16,17). The minimum absolute atomic E-state index is 1.04. The van der Waals surface area contributed by atoms with Gasteiger partial charge >= 0.3 is 0 Å². The van der Waals surface area contributed by atoms with E-state index in [9.17, 15) is 0 Å². The highest BCUT2D eigenvalue weighted by Crippen LogP contribution is 2.24. The number of rotatable bonds is 8. The molecule has 1 heterocycles. The quantitative estimate of drug-likeness (QED) is 0.732. The summed E-state index contributed by atoms with van der Waals surface area (Å²) in [5.74, 6) is 2.38. The largest absolute Gasteiger partial charge is 0.370 e. The van der Waals surface area contributed by atoms with E-state index in [2.05, 4.69) is 21.5 Å². The Balaban J connectivity index is 1.66. The number of fused-ring (bicyclic) bond motifs is 1. The molecule has 1 aromatic heterocycles. The third-order valence-electron chi connectivity index (χ3n) is 3.44. The molecule has 0 aromatic carbocycles. The molecule has 0 unspecified atom stereocenters. The normalized spacial score (nSPS) is 13.6. The summed E-state index contributed by atoms with van der Waals surface area (Å²) in [6.07, 6.45) is 12.6. The lowest BCUT2D eigenvalue weighted by Crippen LogP contribution is -2.07. The molecular formula is C14H23N3S. The summed E-state index contributed by atoms with van der Waals surface area (Å²) < 4.78 is 0. The molecule has 0 saturated carbocycles. The molecule has 0 saturated heterocycles. The summed E-state index contributed by atoms with van der Waals surface area (Å²) in [5, 5.41) is 3.48. The van der Waals surface area contributed by atoms with E-state index in [0.29, 0.717) is 0 Å². The Kier molecular flexibility index (Phi) is 5.78. The average molecular weight is 265 g/mol. The van der Waals surface area contributed by atoms with Crippen LogP contribution < -0.4 is 5.32 Å². The smallest absolute Gasteiger partial charge is 0.132 e. The highest BCUT2D eigenvalue weighted by atomic mass is 32.2. The first kappa shape index (κ1) is 13.7. The van der Waals surface area contributed by atoms with Crippen LogP contribution in [-0.2, 0) is 12.8 Å². The molecule has 1 aromatic rings. The summed E-state index contributed by atoms with van der Waals surface area (Å²) in [7, 11) is 0. The number of unbranched alkanes of at least 4 members (excludes halogenated alkanes) is 3. The molecule has 18 heavy (non-hydrogen) atoms. The van der Waals surface area contributed by atoms with Crippen LogP contribution in [0.4, 0.5) is 5.82 Å². The van der Waals surface area contributed by atoms with Crippen LogP contribution in [0.1, 0.15) is 43.4 Å². The van der Waals surface area contributed by atoms with E-state index < -0.39 is 0 Å². The van der Waals surface area contributed by atoms with Crippen LogP contribution in [0.5, 0.6) is 0 Å². The van der Waals surface area contributed by atoms with Crippen molar-refractivity contribution in [1.82, 2.24) is 9.97 Å². The third-order valence-corrected chi connectivity index (χ3v) is 4.14. The number of nitrogens with one attached hydrogen (secondary N) is 1. The zero-order valence-corrected chi connectivity index (χ0v) is 12.1. The van der Waals surface area contributed by atoms with Gasteiger partial charge in [-0.15, -0.1) is 0 Å². The first-order chi connectivity index (χ1) is 8.92. The molecule has 0 amide bonds. The first-order valence-electron chi connectivity index (χ1n) is 6.97. The van der Waals surface area contributed by atoms with Gasteiger partial charge in [-0.3, -0.25) is 0 Å². The first-order valence-corrected chi connectivity index (χ1v) is 8.37. The topological polar surface area (TPSA) is 37.8 Å². The predicted octanol–water partition coefficient (Wildman–Crippen LogP) is 3.30. The number of nitrogens with zero attached hydrogens (tertiary/aromatic N) is 2. The van der Waals surface area contributed by atoms with Gasteiger partial charge in [0.1, 0.15) is 12.1 Å². The Morgan fingerprint density at radius 3 is 2.94 bits per heavy atom. The van der Waals surface area contributed by atoms with E-state index in [1.54, 1.807) is 6.33 Å². The summed E-state index contributed by atoms with van der Waals surface area (Å²) >= 11 is 1.94. The molecule has 0 atom stereocenters. The average Bonchev–Trinajstić information content (AvgIpc) is 2.86. The van der Waals surface area contributed by atoms with Crippen LogP contribution in [0.3, 0.4) is 0 Å². The highest BCUT2D eigenvalue weighted by molar-refractivity contribution is 7.98. The van der Waals surface area contributed by atoms with Crippen molar-refractivity contribution in [3.05, 3.63) is 17.6 Å². The Hall–Kier alpha value is -0.770. The van der Waals surface area contributed by atoms with Gasteiger partial charge in [-0.25, -0.2) is 9.97 Å². The highest BCUT2D eigenvalue weighted by Gasteiger charge is 2.16. The molecule has 2 rings (SSSR count). The van der Waals surface area contributed by atoms with Crippen molar-refractivity contribution in [2.45, 2.75) is 44.9 Å². The molecule has 0 aliphatic heterocycles. The number of hydrogen-bond acceptors (Lipinski definition) is 4. The van der Waals surface area contributed by atoms with E-state index in [1.165, 1.54) is 49.1 Å². The van der Waals surface area contributed by atoms with Crippen molar-refractivity contribution >= 4 is 17.6 Å². The molecule has 0 fully saturated rings. The number of anilines is 1. The summed E-state index contributed by atoms with van der Waals surface area (Å²) in [4.78, 5) is 8.72. The second-order valence-electron chi connectivity index (χ2n) is 4.83. The molecule has 0 spiro atoms. The fraction of sp³-hybridized carbons (Fsp3) is 0.714. The molecule has 3 nitrogen and oxygen atoms in total. The van der Waals surface area contributed by atoms with Crippen molar-refractivity contribution in [2.24, 2.45) is 0 Å². The van der Waals surface area contributed by atoms with E-state index in [-0.39, 0.29) is 0 Å². The number of thioether (sulfide) groups is 1. The lowest BCUT2D eigenvalue weighted by molar-refractivity contribution is 0.688. The summed E-state index contributed by atoms with van der Waals surface area (Å²) in [5.41, 5.74) is 2.62. The Morgan fingerprint density at radius 1 is 1.17 bits per heavy atom. The van der Waals surface area contributed by atoms with Crippen LogP contribution in [0.2, 0.25) is 0 Å². The maximum atomic E-state index is 4.37. The van der Waals surface area contributed by atoms with Crippen molar-refractivity contribution in [1.29, 1.82) is 0 Å². The van der Waals surface area contributed by atoms with Gasteiger partial charge in [0.2, 0.25) is 0 Å². The number of hydrogen-bond donors (Lipinski definition) is 1. The van der Waals surface area contributed by atoms with Crippen molar-refractivity contribution in [3.8, 4) is 0 Å². The van der Waals surface area contributed by atoms with Crippen LogP contribution >= 0.6 is 11.8 Å². The van der Waals surface area contributed by atoms with Crippen LogP contribution in [0.25, 0.3) is 0 Å². The fourth-order valence-corrected chi connectivity index (χ4v) is 2.94. The van der Waals surface area contributed by atoms with Crippen molar-refractivity contribution < 1.29 is 0 Å². The predicted molar refractivity (Wildman–Crippen MR) is 79.4 cm³/mol. The maximum Gasteiger partial charge on any atom is 0.132 e. The van der Waals surface area contributed by atoms with Gasteiger partial charge < -0.3 is 5.32 Å². The van der Waals surface area contributed by atoms with Gasteiger partial charge in [0.25, 0.3) is 0 Å². The second kappa shape index (κ2) is 7.62. The molecule has 100 valence electrons. The van der Waals surface area contributed by atoms with E-state index in [0.717, 1.165) is 25.2 Å². The van der Waals surface area contributed by atoms with Gasteiger partial charge in [-0.05, 0) is 44.1 Å². The Bertz CT molecular complexity index is 368. The van der Waals surface area contributed by atoms with Crippen LogP contribution in [0.15, 0.2) is 6.33 Å². The van der Waals surface area contributed by atoms with E-state index in [4.69, 9.17) is 0 Å². The molecule has 4 heteroatoms. The molecule has 0 radical (unpaired) electrons. The van der Waals surface area contributed by atoms with Crippen LogP contribution in [-0.4, -0.2) is 28.5 Å². The second-order valence-corrected chi connectivity index (χ2v) is 5.82. The molecule has 0 bridgehead atoms. The monoisotopic (exact) mass is 265 g/mol. The van der Waals surface area contributed by atoms with Gasteiger partial charge in [-0.1, -0.05) is 12.8 Å². The van der Waals surface area contributed by atoms with E-state index >= 15 is 0 Å². The fourth-order valence-electron chi connectivity index (χ4n) is 2.44. The third kappa shape index (κ3) is 3.87. The number of aryl methyl sites for hydroxylation is 1. The number of aromatic nitrogens is 2. The summed E-state index contributed by atoms with van der Waals surface area (Å²) in [6, 6.07) is 0. The van der Waals surface area contributed by atoms with Gasteiger partial charge in [-0.2, -0.15) is 11.8 Å². The van der Waals surface area contributed by atoms with Crippen molar-refractivity contribution in [3.63, 3.8) is 0 Å². The molecule has 1 aliphatic rings. The molecule has 1 aliphatic carbocycles. The lowest BCUT2D eigenvalue weighted by Gasteiger charge is -2.09. The summed E-state index contributed by atoms with van der Waals surface area (Å²) in [6.45, 7) is 1.04. The Morgan fingerprint density at radius 2 is 2.06 bits per heavy atom. The van der Waals surface area contributed by atoms with Crippen LogP contribution in [0, 0.1) is 0 Å². The Labute approximate surface area is 114 Å². The van der Waals surface area contributed by atoms with Gasteiger partial charge in [0.05, 0.1) is 0 Å². The molecule has 1 N–H and O–H groups in total. The van der Waals surface area contributed by atoms with E-state index in [1.807, 2.05) is 11.8 Å². The molecular weight excluding hydrogens is 242 g/mol.